The van der Waals surface area contributed by atoms with Crippen molar-refractivity contribution in [1.29, 1.82) is 0 Å². The van der Waals surface area contributed by atoms with Crippen LogP contribution in [0.2, 0.25) is 0 Å². The van der Waals surface area contributed by atoms with Crippen molar-refractivity contribution < 1.29 is 19.0 Å². The lowest BCUT2D eigenvalue weighted by Gasteiger charge is -2.09. The van der Waals surface area contributed by atoms with Crippen molar-refractivity contribution in [2.24, 2.45) is 5.73 Å². The Kier molecular flexibility index (Phi) is 7.38. The molecule has 2 aromatic rings. The Bertz CT molecular complexity index is 1020. The van der Waals surface area contributed by atoms with Crippen molar-refractivity contribution in [3.8, 4) is 23.0 Å². The summed E-state index contributed by atoms with van der Waals surface area (Å²) in [6.45, 7) is 6.46. The first-order valence-electron chi connectivity index (χ1n) is 10.2. The fourth-order valence-electron chi connectivity index (χ4n) is 2.84. The third kappa shape index (κ3) is 6.15. The predicted octanol–water partition coefficient (Wildman–Crippen LogP) is 4.97. The van der Waals surface area contributed by atoms with E-state index in [9.17, 15) is 4.79 Å². The number of carbonyl (C=O) groups excluding carboxylic acids is 1. The van der Waals surface area contributed by atoms with Crippen LogP contribution in [0.15, 0.2) is 77.5 Å². The van der Waals surface area contributed by atoms with E-state index in [1.165, 1.54) is 5.57 Å². The molecule has 3 rings (SSSR count). The largest absolute Gasteiger partial charge is 0.457 e. The predicted molar refractivity (Wildman–Crippen MR) is 121 cm³/mol. The van der Waals surface area contributed by atoms with Crippen molar-refractivity contribution >= 4 is 5.91 Å². The Morgan fingerprint density at radius 1 is 1.10 bits per heavy atom. The molecule has 6 nitrogen and oxygen atoms in total. The molecule has 0 atom stereocenters. The zero-order chi connectivity index (χ0) is 22.2. The molecule has 6 heteroatoms. The molecule has 2 aromatic carbocycles. The lowest BCUT2D eigenvalue weighted by Crippen LogP contribution is -2.25. The Hall–Kier alpha value is -3.67. The molecule has 0 saturated carbocycles. The monoisotopic (exact) mass is 420 g/mol. The molecule has 3 N–H and O–H groups in total. The quantitative estimate of drug-likeness (QED) is 0.465. The van der Waals surface area contributed by atoms with E-state index in [2.05, 4.69) is 12.2 Å². The summed E-state index contributed by atoms with van der Waals surface area (Å²) >= 11 is 0. The van der Waals surface area contributed by atoms with E-state index in [1.54, 1.807) is 19.1 Å². The molecule has 162 valence electrons. The molecule has 0 saturated heterocycles. The highest BCUT2D eigenvalue weighted by Crippen LogP contribution is 2.36. The van der Waals surface area contributed by atoms with Crippen LogP contribution in [-0.2, 0) is 11.3 Å². The second-order valence-electron chi connectivity index (χ2n) is 7.27. The summed E-state index contributed by atoms with van der Waals surface area (Å²) < 4.78 is 16.5. The highest BCUT2D eigenvalue weighted by atomic mass is 16.7. The van der Waals surface area contributed by atoms with E-state index in [4.69, 9.17) is 19.9 Å². The summed E-state index contributed by atoms with van der Waals surface area (Å²) in [5.41, 5.74) is 9.01. The van der Waals surface area contributed by atoms with E-state index >= 15 is 0 Å². The van der Waals surface area contributed by atoms with Gasteiger partial charge >= 0.3 is 0 Å². The van der Waals surface area contributed by atoms with Crippen molar-refractivity contribution in [3.05, 3.63) is 83.1 Å². The van der Waals surface area contributed by atoms with Crippen molar-refractivity contribution in [2.75, 3.05) is 6.79 Å². The van der Waals surface area contributed by atoms with E-state index in [0.717, 1.165) is 12.0 Å². The van der Waals surface area contributed by atoms with Gasteiger partial charge in [-0.2, -0.15) is 0 Å². The number of carbonyl (C=O) groups is 1. The van der Waals surface area contributed by atoms with Gasteiger partial charge in [-0.25, -0.2) is 0 Å². The van der Waals surface area contributed by atoms with E-state index < -0.39 is 0 Å². The minimum absolute atomic E-state index is 0.209. The fourth-order valence-corrected chi connectivity index (χ4v) is 2.84. The van der Waals surface area contributed by atoms with E-state index in [1.807, 2.05) is 55.5 Å². The molecule has 0 bridgehead atoms. The number of nitrogens with one attached hydrogen (secondary N) is 1. The van der Waals surface area contributed by atoms with Gasteiger partial charge in [-0.3, -0.25) is 4.79 Å². The highest BCUT2D eigenvalue weighted by molar-refractivity contribution is 5.96. The number of ether oxygens (including phenoxy) is 3. The van der Waals surface area contributed by atoms with Crippen LogP contribution in [0.4, 0.5) is 0 Å². The number of nitrogens with two attached hydrogens (primary N) is 1. The van der Waals surface area contributed by atoms with Crippen LogP contribution in [0.1, 0.15) is 32.8 Å². The minimum Gasteiger partial charge on any atom is -0.457 e. The number of rotatable bonds is 8. The van der Waals surface area contributed by atoms with Crippen LogP contribution in [0.25, 0.3) is 0 Å². The van der Waals surface area contributed by atoms with Gasteiger partial charge in [0.05, 0.1) is 5.57 Å². The van der Waals surface area contributed by atoms with Gasteiger partial charge < -0.3 is 25.3 Å². The van der Waals surface area contributed by atoms with Gasteiger partial charge in [0.1, 0.15) is 11.5 Å². The van der Waals surface area contributed by atoms with E-state index in [-0.39, 0.29) is 12.7 Å². The van der Waals surface area contributed by atoms with Crippen LogP contribution in [0.3, 0.4) is 0 Å². The van der Waals surface area contributed by atoms with Gasteiger partial charge in [-0.1, -0.05) is 36.8 Å². The van der Waals surface area contributed by atoms with Gasteiger partial charge in [0, 0.05) is 18.3 Å². The highest BCUT2D eigenvalue weighted by Gasteiger charge is 2.14. The van der Waals surface area contributed by atoms with Gasteiger partial charge in [0.2, 0.25) is 6.79 Å². The average molecular weight is 421 g/mol. The number of hydrogen-bond donors (Lipinski definition) is 2. The van der Waals surface area contributed by atoms with Crippen LogP contribution >= 0.6 is 0 Å². The normalized spacial score (nSPS) is 13.8. The van der Waals surface area contributed by atoms with E-state index in [0.29, 0.717) is 40.8 Å². The van der Waals surface area contributed by atoms with Crippen molar-refractivity contribution in [3.63, 3.8) is 0 Å². The molecule has 1 amide bonds. The molecule has 0 fully saturated rings. The minimum atomic E-state index is -0.209. The molecule has 0 aliphatic carbocycles. The fraction of sp³-hybridized carbons (Fsp3) is 0.240. The van der Waals surface area contributed by atoms with Crippen molar-refractivity contribution in [2.45, 2.75) is 33.7 Å². The molecule has 0 radical (unpaired) electrons. The topological polar surface area (TPSA) is 82.8 Å². The Balaban J connectivity index is 1.56. The van der Waals surface area contributed by atoms with Crippen molar-refractivity contribution in [1.82, 2.24) is 5.32 Å². The molecular formula is C25H28N2O4. The Labute approximate surface area is 183 Å². The first-order chi connectivity index (χ1) is 15.0. The summed E-state index contributed by atoms with van der Waals surface area (Å²) in [7, 11) is 0. The lowest BCUT2D eigenvalue weighted by molar-refractivity contribution is -0.117. The van der Waals surface area contributed by atoms with Gasteiger partial charge in [0.25, 0.3) is 5.91 Å². The molecule has 0 spiro atoms. The van der Waals surface area contributed by atoms with Crippen LogP contribution in [0.5, 0.6) is 23.0 Å². The molecular weight excluding hydrogens is 392 g/mol. The molecule has 1 heterocycles. The zero-order valence-electron chi connectivity index (χ0n) is 18.1. The lowest BCUT2D eigenvalue weighted by atomic mass is 10.1. The summed E-state index contributed by atoms with van der Waals surface area (Å²) in [5.74, 6) is 2.53. The first kappa shape index (κ1) is 22.0. The molecule has 0 aromatic heterocycles. The van der Waals surface area contributed by atoms with Gasteiger partial charge in [0.15, 0.2) is 11.5 Å². The second-order valence-corrected chi connectivity index (χ2v) is 7.27. The van der Waals surface area contributed by atoms with Crippen LogP contribution < -0.4 is 25.3 Å². The molecule has 31 heavy (non-hydrogen) atoms. The maximum Gasteiger partial charge on any atom is 0.253 e. The molecule has 1 aliphatic heterocycles. The van der Waals surface area contributed by atoms with Crippen LogP contribution in [-0.4, -0.2) is 12.7 Å². The standard InChI is InChI=1S/C25H28N2O4/c1-4-17(2)6-5-7-22(18(3)26)25(28)27-15-19-8-10-20(11-9-19)31-21-12-13-23-24(14-21)30-16-29-23/h5-14H,4,15-16,26H2,1-3H3,(H,27,28)/b7-5-,17-6?,22-18-. The smallest absolute Gasteiger partial charge is 0.253 e. The van der Waals surface area contributed by atoms with Crippen LogP contribution in [0, 0.1) is 0 Å². The third-order valence-electron chi connectivity index (χ3n) is 4.83. The third-order valence-corrected chi connectivity index (χ3v) is 4.83. The summed E-state index contributed by atoms with van der Waals surface area (Å²) in [6, 6.07) is 13.0. The summed E-state index contributed by atoms with van der Waals surface area (Å²) in [4.78, 5) is 12.5. The zero-order valence-corrected chi connectivity index (χ0v) is 18.1. The number of allylic oxidation sites excluding steroid dienone is 4. The SMILES string of the molecule is CCC(C)=C/C=C\C(C(=O)NCc1ccc(Oc2ccc3c(c2)OCO3)cc1)=C(/C)N. The second kappa shape index (κ2) is 10.4. The molecule has 1 aliphatic rings. The average Bonchev–Trinajstić information content (AvgIpc) is 3.23. The van der Waals surface area contributed by atoms with Gasteiger partial charge in [-0.05, 0) is 56.2 Å². The number of hydrogen-bond acceptors (Lipinski definition) is 5. The summed E-state index contributed by atoms with van der Waals surface area (Å²) in [6.07, 6.45) is 6.54. The summed E-state index contributed by atoms with van der Waals surface area (Å²) in [5, 5.41) is 2.91. The Morgan fingerprint density at radius 2 is 1.81 bits per heavy atom. The van der Waals surface area contributed by atoms with Gasteiger partial charge in [-0.15, -0.1) is 0 Å². The molecule has 0 unspecified atom stereocenters. The number of amides is 1. The maximum atomic E-state index is 12.5. The Morgan fingerprint density at radius 3 is 2.52 bits per heavy atom. The maximum absolute atomic E-state index is 12.5. The number of fused-ring (bicyclic) bond motifs is 1. The number of benzene rings is 2. The first-order valence-corrected chi connectivity index (χ1v) is 10.2.